The molecular weight excluding hydrogens is 270 g/mol. The first-order valence-corrected chi connectivity index (χ1v) is 8.55. The maximum atomic E-state index is 6.22. The predicted molar refractivity (Wildman–Crippen MR) is 84.0 cm³/mol. The first-order chi connectivity index (χ1) is 9.61. The molecule has 1 aromatic heterocycles. The van der Waals surface area contributed by atoms with Crippen molar-refractivity contribution in [2.24, 2.45) is 17.8 Å². The molecule has 0 aromatic carbocycles. The minimum Gasteiger partial charge on any atom is -0.374 e. The summed E-state index contributed by atoms with van der Waals surface area (Å²) in [5, 5.41) is 8.54. The van der Waals surface area contributed by atoms with Crippen LogP contribution in [-0.4, -0.2) is 22.2 Å². The second-order valence-corrected chi connectivity index (χ2v) is 7.01. The van der Waals surface area contributed by atoms with E-state index in [4.69, 9.17) is 4.74 Å². The van der Waals surface area contributed by atoms with Gasteiger partial charge in [-0.2, -0.15) is 0 Å². The quantitative estimate of drug-likeness (QED) is 0.863. The number of rotatable bonds is 6. The minimum absolute atomic E-state index is 0.370. The van der Waals surface area contributed by atoms with E-state index < -0.39 is 0 Å². The molecule has 3 atom stereocenters. The highest BCUT2D eigenvalue weighted by Gasteiger charge is 2.31. The fraction of sp³-hybridized carbons (Fsp3) is 0.867. The third-order valence-corrected chi connectivity index (χ3v) is 5.01. The number of nitrogens with zero attached hydrogens (tertiary/aromatic N) is 2. The maximum Gasteiger partial charge on any atom is 0.135 e. The van der Waals surface area contributed by atoms with Crippen LogP contribution in [0.4, 0.5) is 5.00 Å². The van der Waals surface area contributed by atoms with Gasteiger partial charge in [0, 0.05) is 18.1 Å². The summed E-state index contributed by atoms with van der Waals surface area (Å²) in [6.07, 6.45) is 4.18. The van der Waals surface area contributed by atoms with Gasteiger partial charge in [-0.05, 0) is 37.5 Å². The Hall–Kier alpha value is -0.680. The molecule has 1 aliphatic carbocycles. The summed E-state index contributed by atoms with van der Waals surface area (Å²) in [6, 6.07) is 0. The Balaban J connectivity index is 1.94. The number of nitrogens with one attached hydrogen (secondary N) is 1. The molecule has 0 radical (unpaired) electrons. The second-order valence-electron chi connectivity index (χ2n) is 6.25. The van der Waals surface area contributed by atoms with Gasteiger partial charge in [-0.15, -0.1) is 5.10 Å². The van der Waals surface area contributed by atoms with E-state index in [9.17, 15) is 0 Å². The standard InChI is InChI=1S/C15H27N3OS/c1-5-16-15-13(17-18-20-15)9-19-14-8-11(4)6-7-12(14)10(2)3/h10-12,14,16H,5-9H2,1-4H3. The lowest BCUT2D eigenvalue weighted by atomic mass is 9.75. The van der Waals surface area contributed by atoms with Gasteiger partial charge >= 0.3 is 0 Å². The maximum absolute atomic E-state index is 6.22. The number of aromatic nitrogens is 2. The fourth-order valence-electron chi connectivity index (χ4n) is 3.09. The van der Waals surface area contributed by atoms with E-state index in [0.29, 0.717) is 24.5 Å². The van der Waals surface area contributed by atoms with Crippen LogP contribution >= 0.6 is 11.5 Å². The molecule has 0 bridgehead atoms. The highest BCUT2D eigenvalue weighted by molar-refractivity contribution is 7.10. The first-order valence-electron chi connectivity index (χ1n) is 7.78. The van der Waals surface area contributed by atoms with Crippen LogP contribution in [-0.2, 0) is 11.3 Å². The van der Waals surface area contributed by atoms with Gasteiger partial charge in [0.05, 0.1) is 12.7 Å². The molecule has 5 heteroatoms. The molecule has 1 saturated carbocycles. The summed E-state index contributed by atoms with van der Waals surface area (Å²) in [5.41, 5.74) is 0.956. The molecule has 0 saturated heterocycles. The van der Waals surface area contributed by atoms with E-state index in [1.165, 1.54) is 30.8 Å². The summed E-state index contributed by atoms with van der Waals surface area (Å²) in [7, 11) is 0. The van der Waals surface area contributed by atoms with Crippen LogP contribution in [0.25, 0.3) is 0 Å². The SMILES string of the molecule is CCNc1snnc1COC1CC(C)CCC1C(C)C. The molecular formula is C15H27N3OS. The van der Waals surface area contributed by atoms with E-state index >= 15 is 0 Å². The lowest BCUT2D eigenvalue weighted by Crippen LogP contribution is -2.34. The van der Waals surface area contributed by atoms with Crippen molar-refractivity contribution in [3.63, 3.8) is 0 Å². The average Bonchev–Trinajstić information content (AvgIpc) is 2.84. The molecule has 0 aliphatic heterocycles. The van der Waals surface area contributed by atoms with Crippen LogP contribution in [0.1, 0.15) is 52.7 Å². The summed E-state index contributed by atoms with van der Waals surface area (Å²) >= 11 is 1.42. The van der Waals surface area contributed by atoms with Gasteiger partial charge in [0.15, 0.2) is 0 Å². The number of ether oxygens (including phenoxy) is 1. The lowest BCUT2D eigenvalue weighted by Gasteiger charge is -2.37. The van der Waals surface area contributed by atoms with Gasteiger partial charge in [0.1, 0.15) is 10.7 Å². The summed E-state index contributed by atoms with van der Waals surface area (Å²) in [5.74, 6) is 2.14. The second kappa shape index (κ2) is 7.36. The van der Waals surface area contributed by atoms with E-state index in [0.717, 1.165) is 23.2 Å². The van der Waals surface area contributed by atoms with Crippen molar-refractivity contribution in [3.8, 4) is 0 Å². The predicted octanol–water partition coefficient (Wildman–Crippen LogP) is 3.95. The van der Waals surface area contributed by atoms with Gasteiger partial charge in [0.2, 0.25) is 0 Å². The Morgan fingerprint density at radius 3 is 2.90 bits per heavy atom. The van der Waals surface area contributed by atoms with Gasteiger partial charge in [-0.3, -0.25) is 0 Å². The minimum atomic E-state index is 0.370. The molecule has 4 nitrogen and oxygen atoms in total. The van der Waals surface area contributed by atoms with Gasteiger partial charge in [0.25, 0.3) is 0 Å². The zero-order valence-electron chi connectivity index (χ0n) is 13.1. The Morgan fingerprint density at radius 2 is 2.20 bits per heavy atom. The third-order valence-electron chi connectivity index (χ3n) is 4.29. The smallest absolute Gasteiger partial charge is 0.135 e. The molecule has 1 N–H and O–H groups in total. The van der Waals surface area contributed by atoms with Crippen molar-refractivity contribution in [1.29, 1.82) is 0 Å². The Kier molecular flexibility index (Phi) is 5.78. The molecule has 1 aliphatic rings. The van der Waals surface area contributed by atoms with Crippen LogP contribution in [0.5, 0.6) is 0 Å². The van der Waals surface area contributed by atoms with Crippen LogP contribution in [0.3, 0.4) is 0 Å². The van der Waals surface area contributed by atoms with E-state index in [-0.39, 0.29) is 0 Å². The van der Waals surface area contributed by atoms with E-state index in [1.807, 2.05) is 0 Å². The monoisotopic (exact) mass is 297 g/mol. The van der Waals surface area contributed by atoms with E-state index in [1.54, 1.807) is 0 Å². The lowest BCUT2D eigenvalue weighted by molar-refractivity contribution is -0.0481. The third kappa shape index (κ3) is 3.92. The molecule has 1 heterocycles. The van der Waals surface area contributed by atoms with E-state index in [2.05, 4.69) is 42.6 Å². The molecule has 2 rings (SSSR count). The first kappa shape index (κ1) is 15.7. The van der Waals surface area contributed by atoms with Crippen molar-refractivity contribution >= 4 is 16.5 Å². The highest BCUT2D eigenvalue weighted by Crippen LogP contribution is 2.36. The molecule has 0 amide bonds. The van der Waals surface area contributed by atoms with Crippen molar-refractivity contribution < 1.29 is 4.74 Å². The molecule has 114 valence electrons. The van der Waals surface area contributed by atoms with Crippen LogP contribution < -0.4 is 5.32 Å². The largest absolute Gasteiger partial charge is 0.374 e. The van der Waals surface area contributed by atoms with Crippen LogP contribution in [0.2, 0.25) is 0 Å². The van der Waals surface area contributed by atoms with Gasteiger partial charge < -0.3 is 10.1 Å². The zero-order chi connectivity index (χ0) is 14.5. The Labute approximate surface area is 126 Å². The Bertz CT molecular complexity index is 408. The van der Waals surface area contributed by atoms with Gasteiger partial charge in [-0.25, -0.2) is 0 Å². The van der Waals surface area contributed by atoms with Crippen molar-refractivity contribution in [2.75, 3.05) is 11.9 Å². The van der Waals surface area contributed by atoms with Crippen LogP contribution in [0.15, 0.2) is 0 Å². The number of hydrogen-bond acceptors (Lipinski definition) is 5. The number of anilines is 1. The highest BCUT2D eigenvalue weighted by atomic mass is 32.1. The summed E-state index contributed by atoms with van der Waals surface area (Å²) in [4.78, 5) is 0. The zero-order valence-corrected chi connectivity index (χ0v) is 13.9. The Morgan fingerprint density at radius 1 is 1.40 bits per heavy atom. The van der Waals surface area contributed by atoms with Crippen molar-refractivity contribution in [1.82, 2.24) is 9.59 Å². The van der Waals surface area contributed by atoms with Crippen LogP contribution in [0, 0.1) is 17.8 Å². The van der Waals surface area contributed by atoms with Crippen molar-refractivity contribution in [2.45, 2.75) is 59.7 Å². The molecule has 20 heavy (non-hydrogen) atoms. The van der Waals surface area contributed by atoms with Crippen molar-refractivity contribution in [3.05, 3.63) is 5.69 Å². The molecule has 1 fully saturated rings. The molecule has 3 unspecified atom stereocenters. The normalized spacial score (nSPS) is 26.9. The topological polar surface area (TPSA) is 47.0 Å². The summed E-state index contributed by atoms with van der Waals surface area (Å²) < 4.78 is 10.2. The fourth-order valence-corrected chi connectivity index (χ4v) is 3.73. The van der Waals surface area contributed by atoms with Gasteiger partial charge in [-0.1, -0.05) is 31.7 Å². The summed E-state index contributed by atoms with van der Waals surface area (Å²) in [6.45, 7) is 10.5. The molecule has 1 aromatic rings. The molecule has 0 spiro atoms. The average molecular weight is 297 g/mol. The number of hydrogen-bond donors (Lipinski definition) is 1.